The fourth-order valence-electron chi connectivity index (χ4n) is 2.44. The van der Waals surface area contributed by atoms with Gasteiger partial charge in [0, 0.05) is 26.2 Å². The van der Waals surface area contributed by atoms with Gasteiger partial charge in [0.05, 0.1) is 0 Å². The molecule has 1 atom stereocenters. The second-order valence-electron chi connectivity index (χ2n) is 6.08. The van der Waals surface area contributed by atoms with Crippen LogP contribution in [0.1, 0.15) is 31.4 Å². The van der Waals surface area contributed by atoms with Crippen molar-refractivity contribution in [3.05, 3.63) is 29.3 Å². The summed E-state index contributed by atoms with van der Waals surface area (Å²) >= 11 is 0. The number of hydrogen-bond donors (Lipinski definition) is 1. The van der Waals surface area contributed by atoms with E-state index >= 15 is 0 Å². The van der Waals surface area contributed by atoms with Crippen LogP contribution in [0.4, 0.5) is 0 Å². The molecule has 1 aliphatic heterocycles. The molecule has 1 aromatic carbocycles. The Morgan fingerprint density at radius 2 is 2.25 bits per heavy atom. The normalized spacial score (nSPS) is 17.3. The lowest BCUT2D eigenvalue weighted by molar-refractivity contribution is 0.107. The molecule has 1 unspecified atom stereocenters. The molecule has 3 heteroatoms. The van der Waals surface area contributed by atoms with Gasteiger partial charge in [0.1, 0.15) is 11.9 Å². The largest absolute Gasteiger partial charge is 0.488 e. The Bertz CT molecular complexity index is 417. The zero-order valence-electron chi connectivity index (χ0n) is 12.9. The molecule has 0 amide bonds. The molecule has 0 radical (unpaired) electrons. The first-order valence-corrected chi connectivity index (χ1v) is 7.70. The molecule has 1 aromatic rings. The first kappa shape index (κ1) is 15.3. The van der Waals surface area contributed by atoms with Crippen LogP contribution < -0.4 is 10.1 Å². The number of benzene rings is 1. The molecule has 2 rings (SSSR count). The summed E-state index contributed by atoms with van der Waals surface area (Å²) in [6, 6.07) is 6.43. The van der Waals surface area contributed by atoms with Crippen LogP contribution >= 0.6 is 0 Å². The van der Waals surface area contributed by atoms with Gasteiger partial charge in [-0.1, -0.05) is 31.5 Å². The third-order valence-corrected chi connectivity index (χ3v) is 3.42. The molecule has 0 fully saturated rings. The Morgan fingerprint density at radius 1 is 1.40 bits per heavy atom. The molecule has 20 heavy (non-hydrogen) atoms. The second kappa shape index (κ2) is 7.65. The van der Waals surface area contributed by atoms with Crippen molar-refractivity contribution in [1.82, 2.24) is 5.32 Å². The van der Waals surface area contributed by atoms with Crippen LogP contribution in [-0.2, 0) is 11.2 Å². The molecule has 0 saturated heterocycles. The summed E-state index contributed by atoms with van der Waals surface area (Å²) in [6.07, 6.45) is 2.36. The van der Waals surface area contributed by atoms with Gasteiger partial charge >= 0.3 is 0 Å². The first-order chi connectivity index (χ1) is 9.65. The highest BCUT2D eigenvalue weighted by molar-refractivity contribution is 5.40. The highest BCUT2D eigenvalue weighted by Crippen LogP contribution is 2.29. The van der Waals surface area contributed by atoms with Gasteiger partial charge in [-0.3, -0.25) is 0 Å². The maximum atomic E-state index is 5.93. The predicted molar refractivity (Wildman–Crippen MR) is 82.4 cm³/mol. The lowest BCUT2D eigenvalue weighted by atomic mass is 10.1. The molecule has 0 aromatic heterocycles. The van der Waals surface area contributed by atoms with E-state index in [1.807, 2.05) is 0 Å². The van der Waals surface area contributed by atoms with E-state index in [1.165, 1.54) is 11.1 Å². The average molecular weight is 277 g/mol. The predicted octanol–water partition coefficient (Wildman–Crippen LogP) is 2.95. The standard InChI is InChI=1S/C17H27NO2/c1-13(2)12-19-8-4-7-18-11-16-10-15-9-14(3)5-6-17(15)20-16/h5-6,9,13,16,18H,4,7-8,10-12H2,1-3H3. The zero-order chi connectivity index (χ0) is 14.4. The number of aryl methyl sites for hydroxylation is 1. The highest BCUT2D eigenvalue weighted by Gasteiger charge is 2.21. The Morgan fingerprint density at radius 3 is 3.05 bits per heavy atom. The minimum absolute atomic E-state index is 0.281. The second-order valence-corrected chi connectivity index (χ2v) is 6.08. The van der Waals surface area contributed by atoms with Crippen molar-refractivity contribution >= 4 is 0 Å². The molecular weight excluding hydrogens is 250 g/mol. The van der Waals surface area contributed by atoms with Crippen LogP contribution in [0.15, 0.2) is 18.2 Å². The van der Waals surface area contributed by atoms with Crippen molar-refractivity contribution in [3.63, 3.8) is 0 Å². The SMILES string of the molecule is Cc1ccc2c(c1)CC(CNCCCOCC(C)C)O2. The van der Waals surface area contributed by atoms with Crippen LogP contribution in [0, 0.1) is 12.8 Å². The number of rotatable bonds is 8. The van der Waals surface area contributed by atoms with E-state index in [4.69, 9.17) is 9.47 Å². The summed E-state index contributed by atoms with van der Waals surface area (Å²) < 4.78 is 11.5. The minimum atomic E-state index is 0.281. The third-order valence-electron chi connectivity index (χ3n) is 3.42. The van der Waals surface area contributed by atoms with E-state index in [1.54, 1.807) is 0 Å². The van der Waals surface area contributed by atoms with Crippen molar-refractivity contribution in [2.75, 3.05) is 26.3 Å². The molecule has 3 nitrogen and oxygen atoms in total. The van der Waals surface area contributed by atoms with Gasteiger partial charge in [0.2, 0.25) is 0 Å². The van der Waals surface area contributed by atoms with Gasteiger partial charge in [0.15, 0.2) is 0 Å². The van der Waals surface area contributed by atoms with Crippen LogP contribution in [0.3, 0.4) is 0 Å². The monoisotopic (exact) mass is 277 g/mol. The molecule has 1 heterocycles. The van der Waals surface area contributed by atoms with Gasteiger partial charge in [-0.25, -0.2) is 0 Å². The summed E-state index contributed by atoms with van der Waals surface area (Å²) in [7, 11) is 0. The summed E-state index contributed by atoms with van der Waals surface area (Å²) in [5.74, 6) is 1.68. The smallest absolute Gasteiger partial charge is 0.123 e. The average Bonchev–Trinajstić information content (AvgIpc) is 2.79. The van der Waals surface area contributed by atoms with E-state index in [0.29, 0.717) is 5.92 Å². The Kier molecular flexibility index (Phi) is 5.86. The first-order valence-electron chi connectivity index (χ1n) is 7.70. The van der Waals surface area contributed by atoms with Crippen LogP contribution in [0.25, 0.3) is 0 Å². The summed E-state index contributed by atoms with van der Waals surface area (Å²) in [6.45, 7) is 10.1. The molecule has 1 aliphatic rings. The van der Waals surface area contributed by atoms with Crippen molar-refractivity contribution in [1.29, 1.82) is 0 Å². The molecule has 0 saturated carbocycles. The van der Waals surface area contributed by atoms with E-state index < -0.39 is 0 Å². The molecule has 1 N–H and O–H groups in total. The lowest BCUT2D eigenvalue weighted by Gasteiger charge is -2.12. The molecule has 112 valence electrons. The summed E-state index contributed by atoms with van der Waals surface area (Å²) in [4.78, 5) is 0. The Labute approximate surface area is 122 Å². The van der Waals surface area contributed by atoms with Crippen LogP contribution in [0.2, 0.25) is 0 Å². The minimum Gasteiger partial charge on any atom is -0.488 e. The van der Waals surface area contributed by atoms with E-state index in [-0.39, 0.29) is 6.10 Å². The molecule has 0 bridgehead atoms. The number of nitrogens with one attached hydrogen (secondary N) is 1. The Hall–Kier alpha value is -1.06. The van der Waals surface area contributed by atoms with E-state index in [9.17, 15) is 0 Å². The van der Waals surface area contributed by atoms with Crippen molar-refractivity contribution < 1.29 is 9.47 Å². The van der Waals surface area contributed by atoms with Gasteiger partial charge < -0.3 is 14.8 Å². The number of fused-ring (bicyclic) bond motifs is 1. The number of hydrogen-bond acceptors (Lipinski definition) is 3. The van der Waals surface area contributed by atoms with E-state index in [2.05, 4.69) is 44.3 Å². The van der Waals surface area contributed by atoms with E-state index in [0.717, 1.165) is 44.9 Å². The topological polar surface area (TPSA) is 30.5 Å². The fourth-order valence-corrected chi connectivity index (χ4v) is 2.44. The van der Waals surface area contributed by atoms with Crippen molar-refractivity contribution in [2.24, 2.45) is 5.92 Å². The zero-order valence-corrected chi connectivity index (χ0v) is 12.9. The number of ether oxygens (including phenoxy) is 2. The molecular formula is C17H27NO2. The quantitative estimate of drug-likeness (QED) is 0.741. The maximum absolute atomic E-state index is 5.93. The summed E-state index contributed by atoms with van der Waals surface area (Å²) in [5.41, 5.74) is 2.65. The Balaban J connectivity index is 1.56. The summed E-state index contributed by atoms with van der Waals surface area (Å²) in [5, 5.41) is 3.46. The molecule has 0 spiro atoms. The van der Waals surface area contributed by atoms with Gasteiger partial charge in [-0.2, -0.15) is 0 Å². The molecule has 0 aliphatic carbocycles. The van der Waals surface area contributed by atoms with Gasteiger partial charge in [-0.05, 0) is 37.4 Å². The van der Waals surface area contributed by atoms with Crippen molar-refractivity contribution in [2.45, 2.75) is 39.7 Å². The highest BCUT2D eigenvalue weighted by atomic mass is 16.5. The van der Waals surface area contributed by atoms with Crippen LogP contribution in [0.5, 0.6) is 5.75 Å². The van der Waals surface area contributed by atoms with Gasteiger partial charge in [0.25, 0.3) is 0 Å². The van der Waals surface area contributed by atoms with Crippen molar-refractivity contribution in [3.8, 4) is 5.75 Å². The van der Waals surface area contributed by atoms with Gasteiger partial charge in [-0.15, -0.1) is 0 Å². The maximum Gasteiger partial charge on any atom is 0.123 e. The lowest BCUT2D eigenvalue weighted by Crippen LogP contribution is -2.31. The fraction of sp³-hybridized carbons (Fsp3) is 0.647. The van der Waals surface area contributed by atoms with Crippen LogP contribution in [-0.4, -0.2) is 32.4 Å². The third kappa shape index (κ3) is 4.80.